The molecule has 1 saturated heterocycles. The minimum atomic E-state index is 0.0582. The van der Waals surface area contributed by atoms with Gasteiger partial charge >= 0.3 is 0 Å². The highest BCUT2D eigenvalue weighted by molar-refractivity contribution is 5.74. The fourth-order valence-electron chi connectivity index (χ4n) is 5.45. The number of piperidine rings is 1. The van der Waals surface area contributed by atoms with Gasteiger partial charge in [0.15, 0.2) is 6.19 Å². The van der Waals surface area contributed by atoms with E-state index in [1.807, 2.05) is 23.9 Å². The van der Waals surface area contributed by atoms with Crippen LogP contribution in [0.5, 0.6) is 5.75 Å². The maximum absolute atomic E-state index is 9.64. The van der Waals surface area contributed by atoms with Crippen LogP contribution in [0.3, 0.4) is 0 Å². The molecule has 5 rings (SSSR count). The van der Waals surface area contributed by atoms with Crippen molar-refractivity contribution < 1.29 is 4.74 Å². The molecule has 0 spiro atoms. The Kier molecular flexibility index (Phi) is 6.10. The summed E-state index contributed by atoms with van der Waals surface area (Å²) in [6.45, 7) is 5.65. The second-order valence-electron chi connectivity index (χ2n) is 9.56. The van der Waals surface area contributed by atoms with Crippen molar-refractivity contribution in [1.82, 2.24) is 29.5 Å². The minimum absolute atomic E-state index is 0.0582. The van der Waals surface area contributed by atoms with Crippen LogP contribution in [0.15, 0.2) is 18.5 Å². The van der Waals surface area contributed by atoms with Crippen LogP contribution in [-0.4, -0.2) is 48.7 Å². The summed E-state index contributed by atoms with van der Waals surface area (Å²) in [5.74, 6) is 1.19. The molecule has 1 atom stereocenters. The van der Waals surface area contributed by atoms with Gasteiger partial charge in [-0.25, -0.2) is 9.20 Å². The van der Waals surface area contributed by atoms with Gasteiger partial charge in [0, 0.05) is 24.8 Å². The Balaban J connectivity index is 1.48. The molecule has 176 valence electrons. The molecule has 9 heteroatoms. The number of likely N-dealkylation sites (tertiary alicyclic amines) is 1. The predicted molar refractivity (Wildman–Crippen MR) is 126 cm³/mol. The van der Waals surface area contributed by atoms with Crippen molar-refractivity contribution in [1.29, 1.82) is 10.5 Å². The van der Waals surface area contributed by atoms with Crippen molar-refractivity contribution in [3.05, 3.63) is 29.7 Å². The maximum Gasteiger partial charge on any atom is 0.179 e. The van der Waals surface area contributed by atoms with Crippen molar-refractivity contribution in [2.24, 2.45) is 5.92 Å². The summed E-state index contributed by atoms with van der Waals surface area (Å²) in [5.41, 5.74) is 3.83. The average Bonchev–Trinajstić information content (AvgIpc) is 3.48. The van der Waals surface area contributed by atoms with Crippen molar-refractivity contribution in [2.75, 3.05) is 13.1 Å². The topological polar surface area (TPSA) is 108 Å². The van der Waals surface area contributed by atoms with Crippen LogP contribution in [-0.2, 0) is 0 Å². The van der Waals surface area contributed by atoms with Crippen molar-refractivity contribution in [3.63, 3.8) is 0 Å². The Morgan fingerprint density at radius 1 is 1.12 bits per heavy atom. The lowest BCUT2D eigenvalue weighted by Crippen LogP contribution is -2.31. The zero-order valence-corrected chi connectivity index (χ0v) is 19.8. The maximum atomic E-state index is 9.64. The number of pyridine rings is 1. The van der Waals surface area contributed by atoms with Crippen LogP contribution in [0.25, 0.3) is 16.8 Å². The Bertz CT molecular complexity index is 1250. The summed E-state index contributed by atoms with van der Waals surface area (Å²) in [7, 11) is 0. The van der Waals surface area contributed by atoms with Crippen LogP contribution in [0.4, 0.5) is 0 Å². The van der Waals surface area contributed by atoms with Gasteiger partial charge in [-0.3, -0.25) is 0 Å². The first-order valence-corrected chi connectivity index (χ1v) is 12.2. The Morgan fingerprint density at radius 3 is 2.59 bits per heavy atom. The molecular weight excluding hydrogens is 428 g/mol. The molecule has 0 N–H and O–H groups in total. The average molecular weight is 459 g/mol. The second kappa shape index (κ2) is 9.34. The molecule has 2 aliphatic rings. The highest BCUT2D eigenvalue weighted by Crippen LogP contribution is 2.35. The third kappa shape index (κ3) is 4.07. The number of aromatic nitrogens is 5. The van der Waals surface area contributed by atoms with E-state index >= 15 is 0 Å². The standard InChI is InChI=1S/C25H30N8O/c1-17-24(29-30-33(17)22-8-10-31(16-27)11-9-22)20-12-23(25-21(13-26)14-28-32(25)15-20)34-18(2)19-6-4-3-5-7-19/h12,14-15,18-19,22H,3-11H2,1-2H3/t18-/m1/s1. The van der Waals surface area contributed by atoms with Crippen LogP contribution in [0.1, 0.15) is 69.2 Å². The first-order valence-electron chi connectivity index (χ1n) is 12.2. The molecule has 9 nitrogen and oxygen atoms in total. The van der Waals surface area contributed by atoms with Crippen LogP contribution in [0, 0.1) is 35.6 Å². The highest BCUT2D eigenvalue weighted by Gasteiger charge is 2.26. The van der Waals surface area contributed by atoms with Gasteiger partial charge in [-0.2, -0.15) is 15.6 Å². The van der Waals surface area contributed by atoms with E-state index in [0.29, 0.717) is 22.7 Å². The molecule has 0 radical (unpaired) electrons. The molecule has 1 aliphatic carbocycles. The van der Waals surface area contributed by atoms with Crippen molar-refractivity contribution in [2.45, 2.75) is 70.9 Å². The normalized spacial score (nSPS) is 18.5. The summed E-state index contributed by atoms with van der Waals surface area (Å²) in [5, 5.41) is 32.2. The smallest absolute Gasteiger partial charge is 0.179 e. The van der Waals surface area contributed by atoms with E-state index in [1.165, 1.54) is 32.1 Å². The number of ether oxygens (including phenoxy) is 1. The Hall–Kier alpha value is -3.59. The highest BCUT2D eigenvalue weighted by atomic mass is 16.5. The van der Waals surface area contributed by atoms with E-state index in [4.69, 9.17) is 10.00 Å². The molecule has 4 heterocycles. The molecule has 0 amide bonds. The third-order valence-electron chi connectivity index (χ3n) is 7.48. The molecule has 2 fully saturated rings. The number of hydrogen-bond acceptors (Lipinski definition) is 7. The zero-order chi connectivity index (χ0) is 23.7. The summed E-state index contributed by atoms with van der Waals surface area (Å²) >= 11 is 0. The molecule has 0 aromatic carbocycles. The van der Waals surface area contributed by atoms with E-state index in [-0.39, 0.29) is 12.1 Å². The molecule has 1 saturated carbocycles. The number of nitriles is 2. The predicted octanol–water partition coefficient (Wildman–Crippen LogP) is 4.24. The fraction of sp³-hybridized carbons (Fsp3) is 0.560. The monoisotopic (exact) mass is 458 g/mol. The lowest BCUT2D eigenvalue weighted by molar-refractivity contribution is 0.124. The molecule has 3 aromatic rings. The van der Waals surface area contributed by atoms with Gasteiger partial charge < -0.3 is 9.64 Å². The second-order valence-corrected chi connectivity index (χ2v) is 9.56. The molecule has 1 aliphatic heterocycles. The molecular formula is C25H30N8O. The van der Waals surface area contributed by atoms with Crippen LogP contribution >= 0.6 is 0 Å². The number of fused-ring (bicyclic) bond motifs is 1. The first kappa shape index (κ1) is 22.2. The SMILES string of the molecule is Cc1c(-c2cc(O[C@H](C)C3CCCCC3)c3c(C#N)cnn3c2)nnn1C1CCN(C#N)CC1. The van der Waals surface area contributed by atoms with E-state index in [1.54, 1.807) is 15.6 Å². The molecule has 0 unspecified atom stereocenters. The Labute approximate surface area is 199 Å². The van der Waals surface area contributed by atoms with Gasteiger partial charge in [0.1, 0.15) is 28.6 Å². The van der Waals surface area contributed by atoms with Gasteiger partial charge in [-0.15, -0.1) is 5.10 Å². The van der Waals surface area contributed by atoms with Crippen molar-refractivity contribution in [3.8, 4) is 29.3 Å². The zero-order valence-electron chi connectivity index (χ0n) is 19.8. The summed E-state index contributed by atoms with van der Waals surface area (Å²) < 4.78 is 10.2. The van der Waals surface area contributed by atoms with Gasteiger partial charge in [0.25, 0.3) is 0 Å². The Morgan fingerprint density at radius 2 is 1.88 bits per heavy atom. The van der Waals surface area contributed by atoms with Crippen molar-refractivity contribution >= 4 is 5.52 Å². The van der Waals surface area contributed by atoms with Gasteiger partial charge in [-0.05, 0) is 51.5 Å². The van der Waals surface area contributed by atoms with E-state index in [2.05, 4.69) is 34.6 Å². The van der Waals surface area contributed by atoms with E-state index in [9.17, 15) is 5.26 Å². The molecule has 3 aromatic heterocycles. The summed E-state index contributed by atoms with van der Waals surface area (Å²) in [4.78, 5) is 1.79. The lowest BCUT2D eigenvalue weighted by atomic mass is 9.86. The van der Waals surface area contributed by atoms with Gasteiger partial charge in [0.05, 0.1) is 24.0 Å². The largest absolute Gasteiger partial charge is 0.488 e. The van der Waals surface area contributed by atoms with Crippen LogP contribution in [0.2, 0.25) is 0 Å². The lowest BCUT2D eigenvalue weighted by Gasteiger charge is -2.28. The molecule has 34 heavy (non-hydrogen) atoms. The molecule has 0 bridgehead atoms. The van der Waals surface area contributed by atoms with Gasteiger partial charge in [-0.1, -0.05) is 24.5 Å². The third-order valence-corrected chi connectivity index (χ3v) is 7.48. The summed E-state index contributed by atoms with van der Waals surface area (Å²) in [6.07, 6.45) is 13.7. The van der Waals surface area contributed by atoms with E-state index in [0.717, 1.165) is 42.9 Å². The minimum Gasteiger partial charge on any atom is -0.488 e. The summed E-state index contributed by atoms with van der Waals surface area (Å²) in [6, 6.07) is 4.46. The number of rotatable bonds is 5. The number of nitrogens with zero attached hydrogens (tertiary/aromatic N) is 8. The quantitative estimate of drug-likeness (QED) is 0.526. The van der Waals surface area contributed by atoms with Gasteiger partial charge in [0.2, 0.25) is 0 Å². The fourth-order valence-corrected chi connectivity index (χ4v) is 5.45. The first-order chi connectivity index (χ1) is 16.6. The number of hydrogen-bond donors (Lipinski definition) is 0. The van der Waals surface area contributed by atoms with Crippen LogP contribution < -0.4 is 4.74 Å². The van der Waals surface area contributed by atoms with E-state index < -0.39 is 0 Å².